The minimum absolute atomic E-state index is 0.203. The molecule has 0 bridgehead atoms. The van der Waals surface area contributed by atoms with Gasteiger partial charge < -0.3 is 5.32 Å². The molecule has 0 unspecified atom stereocenters. The summed E-state index contributed by atoms with van der Waals surface area (Å²) in [5.41, 5.74) is 2.30. The number of aryl methyl sites for hydroxylation is 3. The minimum Gasteiger partial charge on any atom is -0.346 e. The van der Waals surface area contributed by atoms with E-state index in [1.165, 1.54) is 0 Å². The highest BCUT2D eigenvalue weighted by Gasteiger charge is 2.14. The molecule has 96 valence electrons. The van der Waals surface area contributed by atoms with Crippen molar-refractivity contribution >= 4 is 21.8 Å². The van der Waals surface area contributed by atoms with Crippen molar-refractivity contribution in [2.75, 3.05) is 0 Å². The van der Waals surface area contributed by atoms with Gasteiger partial charge in [0.1, 0.15) is 0 Å². The maximum absolute atomic E-state index is 11.9. The maximum atomic E-state index is 11.9. The van der Waals surface area contributed by atoms with E-state index in [0.29, 0.717) is 16.7 Å². The van der Waals surface area contributed by atoms with Gasteiger partial charge in [0.15, 0.2) is 5.69 Å². The van der Waals surface area contributed by atoms with Crippen LogP contribution in [0.3, 0.4) is 0 Å². The molecule has 18 heavy (non-hydrogen) atoms. The normalized spacial score (nSPS) is 10.7. The van der Waals surface area contributed by atoms with E-state index in [2.05, 4.69) is 31.4 Å². The summed E-state index contributed by atoms with van der Waals surface area (Å²) in [6, 6.07) is 0. The zero-order valence-electron chi connectivity index (χ0n) is 10.4. The van der Waals surface area contributed by atoms with Gasteiger partial charge in [-0.1, -0.05) is 0 Å². The number of nitrogens with one attached hydrogen (secondary N) is 1. The second-order valence-electron chi connectivity index (χ2n) is 4.10. The Bertz CT molecular complexity index is 586. The molecule has 0 saturated heterocycles. The molecule has 0 aliphatic heterocycles. The zero-order chi connectivity index (χ0) is 13.3. The van der Waals surface area contributed by atoms with Crippen LogP contribution in [0.15, 0.2) is 16.9 Å². The monoisotopic (exact) mass is 311 g/mol. The van der Waals surface area contributed by atoms with Crippen LogP contribution in [-0.2, 0) is 20.6 Å². The van der Waals surface area contributed by atoms with Crippen molar-refractivity contribution in [2.45, 2.75) is 13.5 Å². The number of carbonyl (C=O) groups excluding carboxylic acids is 1. The molecule has 0 radical (unpaired) electrons. The third kappa shape index (κ3) is 2.61. The minimum atomic E-state index is -0.203. The molecule has 2 aromatic rings. The van der Waals surface area contributed by atoms with Crippen molar-refractivity contribution in [2.24, 2.45) is 14.1 Å². The quantitative estimate of drug-likeness (QED) is 0.925. The highest BCUT2D eigenvalue weighted by atomic mass is 79.9. The SMILES string of the molecule is Cc1nn(C)cc1CNC(=O)c1nn(C)cc1Br. The van der Waals surface area contributed by atoms with Gasteiger partial charge in [-0.25, -0.2) is 0 Å². The Balaban J connectivity index is 2.05. The Morgan fingerprint density at radius 3 is 2.50 bits per heavy atom. The summed E-state index contributed by atoms with van der Waals surface area (Å²) < 4.78 is 4.01. The lowest BCUT2D eigenvalue weighted by Gasteiger charge is -2.02. The summed E-state index contributed by atoms with van der Waals surface area (Å²) in [4.78, 5) is 11.9. The van der Waals surface area contributed by atoms with Crippen LogP contribution in [0, 0.1) is 6.92 Å². The predicted molar refractivity (Wildman–Crippen MR) is 70.0 cm³/mol. The third-order valence-corrected chi connectivity index (χ3v) is 3.13. The molecular formula is C11H14BrN5O. The molecule has 7 heteroatoms. The Labute approximate surface area is 113 Å². The third-order valence-electron chi connectivity index (χ3n) is 2.55. The van der Waals surface area contributed by atoms with Crippen LogP contribution in [-0.4, -0.2) is 25.5 Å². The van der Waals surface area contributed by atoms with Crippen LogP contribution in [0.5, 0.6) is 0 Å². The van der Waals surface area contributed by atoms with Crippen LogP contribution in [0.25, 0.3) is 0 Å². The second kappa shape index (κ2) is 4.93. The van der Waals surface area contributed by atoms with Gasteiger partial charge in [0, 0.05) is 38.6 Å². The number of nitrogens with zero attached hydrogens (tertiary/aromatic N) is 4. The molecule has 0 atom stereocenters. The fraction of sp³-hybridized carbons (Fsp3) is 0.364. The van der Waals surface area contributed by atoms with Gasteiger partial charge in [-0.2, -0.15) is 10.2 Å². The molecule has 2 aromatic heterocycles. The van der Waals surface area contributed by atoms with E-state index < -0.39 is 0 Å². The lowest BCUT2D eigenvalue weighted by Crippen LogP contribution is -2.24. The van der Waals surface area contributed by atoms with Crippen molar-refractivity contribution < 1.29 is 4.79 Å². The van der Waals surface area contributed by atoms with Crippen LogP contribution in [0.2, 0.25) is 0 Å². The van der Waals surface area contributed by atoms with E-state index in [1.54, 1.807) is 22.6 Å². The van der Waals surface area contributed by atoms with Gasteiger partial charge in [-0.15, -0.1) is 0 Å². The standard InChI is InChI=1S/C11H14BrN5O/c1-7-8(5-16(2)14-7)4-13-11(18)10-9(12)6-17(3)15-10/h5-6H,4H2,1-3H3,(H,13,18). The smallest absolute Gasteiger partial charge is 0.273 e. The number of amides is 1. The van der Waals surface area contributed by atoms with Gasteiger partial charge in [0.2, 0.25) is 0 Å². The molecule has 1 amide bonds. The molecule has 0 aromatic carbocycles. The van der Waals surface area contributed by atoms with E-state index in [4.69, 9.17) is 0 Å². The maximum Gasteiger partial charge on any atom is 0.273 e. The number of carbonyl (C=O) groups is 1. The van der Waals surface area contributed by atoms with Gasteiger partial charge in [0.05, 0.1) is 10.2 Å². The highest BCUT2D eigenvalue weighted by Crippen LogP contribution is 2.14. The van der Waals surface area contributed by atoms with Crippen molar-refractivity contribution in [3.05, 3.63) is 33.8 Å². The topological polar surface area (TPSA) is 64.7 Å². The molecule has 0 saturated carbocycles. The molecule has 2 rings (SSSR count). The molecule has 0 fully saturated rings. The first-order valence-corrected chi connectivity index (χ1v) is 6.23. The number of hydrogen-bond donors (Lipinski definition) is 1. The summed E-state index contributed by atoms with van der Waals surface area (Å²) in [6.45, 7) is 2.36. The van der Waals surface area contributed by atoms with E-state index in [1.807, 2.05) is 20.2 Å². The molecule has 2 heterocycles. The Morgan fingerprint density at radius 1 is 1.33 bits per heavy atom. The number of rotatable bonds is 3. The fourth-order valence-electron chi connectivity index (χ4n) is 1.69. The van der Waals surface area contributed by atoms with Crippen molar-refractivity contribution in [1.82, 2.24) is 24.9 Å². The summed E-state index contributed by atoms with van der Waals surface area (Å²) in [6.07, 6.45) is 3.63. The number of halogens is 1. The highest BCUT2D eigenvalue weighted by molar-refractivity contribution is 9.10. The summed E-state index contributed by atoms with van der Waals surface area (Å²) in [5.74, 6) is -0.203. The van der Waals surface area contributed by atoms with Gasteiger partial charge in [0.25, 0.3) is 5.91 Å². The Hall–Kier alpha value is -1.63. The van der Waals surface area contributed by atoms with Crippen molar-refractivity contribution in [3.8, 4) is 0 Å². The predicted octanol–water partition coefficient (Wildman–Crippen LogP) is 1.15. The molecule has 1 N–H and O–H groups in total. The van der Waals surface area contributed by atoms with E-state index in [9.17, 15) is 4.79 Å². The first kappa shape index (κ1) is 12.8. The number of hydrogen-bond acceptors (Lipinski definition) is 3. The first-order valence-electron chi connectivity index (χ1n) is 5.44. The second-order valence-corrected chi connectivity index (χ2v) is 4.95. The van der Waals surface area contributed by atoms with Crippen molar-refractivity contribution in [1.29, 1.82) is 0 Å². The summed E-state index contributed by atoms with van der Waals surface area (Å²) in [5, 5.41) is 11.1. The largest absolute Gasteiger partial charge is 0.346 e. The van der Waals surface area contributed by atoms with E-state index in [0.717, 1.165) is 11.3 Å². The number of aromatic nitrogens is 4. The van der Waals surface area contributed by atoms with E-state index in [-0.39, 0.29) is 5.91 Å². The van der Waals surface area contributed by atoms with E-state index >= 15 is 0 Å². The summed E-state index contributed by atoms with van der Waals surface area (Å²) >= 11 is 3.30. The molecule has 0 aliphatic carbocycles. The van der Waals surface area contributed by atoms with Gasteiger partial charge in [-0.05, 0) is 22.9 Å². The Kier molecular flexibility index (Phi) is 3.51. The van der Waals surface area contributed by atoms with Crippen molar-refractivity contribution in [3.63, 3.8) is 0 Å². The Morgan fingerprint density at radius 2 is 2.00 bits per heavy atom. The average Bonchev–Trinajstić information content (AvgIpc) is 2.78. The fourth-order valence-corrected chi connectivity index (χ4v) is 2.25. The first-order chi connectivity index (χ1) is 8.47. The van der Waals surface area contributed by atoms with Crippen LogP contribution in [0.1, 0.15) is 21.7 Å². The van der Waals surface area contributed by atoms with Crippen LogP contribution < -0.4 is 5.32 Å². The van der Waals surface area contributed by atoms with Crippen LogP contribution >= 0.6 is 15.9 Å². The van der Waals surface area contributed by atoms with Crippen LogP contribution in [0.4, 0.5) is 0 Å². The molecular weight excluding hydrogens is 298 g/mol. The molecule has 6 nitrogen and oxygen atoms in total. The molecule has 0 aliphatic rings. The molecule has 0 spiro atoms. The average molecular weight is 312 g/mol. The zero-order valence-corrected chi connectivity index (χ0v) is 12.0. The lowest BCUT2D eigenvalue weighted by atomic mass is 10.2. The van der Waals surface area contributed by atoms with Gasteiger partial charge >= 0.3 is 0 Å². The summed E-state index contributed by atoms with van der Waals surface area (Å²) in [7, 11) is 3.63. The van der Waals surface area contributed by atoms with Gasteiger partial charge in [-0.3, -0.25) is 14.2 Å². The lowest BCUT2D eigenvalue weighted by molar-refractivity contribution is 0.0944.